The summed E-state index contributed by atoms with van der Waals surface area (Å²) >= 11 is 0. The van der Waals surface area contributed by atoms with Crippen LogP contribution in [0.2, 0.25) is 0 Å². The SMILES string of the molecule is C=CCOc1ccccc1CN1CCN(c2ncc(C#N)c(N)n2)CC1. The van der Waals surface area contributed by atoms with Crippen LogP contribution in [-0.4, -0.2) is 47.7 Å². The van der Waals surface area contributed by atoms with Crippen molar-refractivity contribution in [2.75, 3.05) is 43.4 Å². The van der Waals surface area contributed by atoms with Crippen molar-refractivity contribution in [1.82, 2.24) is 14.9 Å². The Labute approximate surface area is 153 Å². The largest absolute Gasteiger partial charge is 0.489 e. The molecule has 3 rings (SSSR count). The number of benzene rings is 1. The summed E-state index contributed by atoms with van der Waals surface area (Å²) in [6, 6.07) is 10.1. The number of nitrogen functional groups attached to an aromatic ring is 1. The summed E-state index contributed by atoms with van der Waals surface area (Å²) in [5.74, 6) is 1.71. The number of anilines is 2. The first-order valence-corrected chi connectivity index (χ1v) is 8.52. The number of para-hydroxylation sites is 1. The molecular formula is C19H22N6O. The van der Waals surface area contributed by atoms with Gasteiger partial charge in [-0.15, -0.1) is 0 Å². The van der Waals surface area contributed by atoms with Crippen LogP contribution >= 0.6 is 0 Å². The highest BCUT2D eigenvalue weighted by molar-refractivity contribution is 5.50. The zero-order chi connectivity index (χ0) is 18.4. The van der Waals surface area contributed by atoms with Crippen molar-refractivity contribution in [2.45, 2.75) is 6.54 Å². The number of nitrogens with two attached hydrogens (primary N) is 1. The van der Waals surface area contributed by atoms with E-state index in [4.69, 9.17) is 15.7 Å². The normalized spacial score (nSPS) is 14.7. The Morgan fingerprint density at radius 3 is 2.73 bits per heavy atom. The first kappa shape index (κ1) is 17.7. The van der Waals surface area contributed by atoms with Crippen molar-refractivity contribution in [2.24, 2.45) is 0 Å². The van der Waals surface area contributed by atoms with Gasteiger partial charge in [0.25, 0.3) is 0 Å². The van der Waals surface area contributed by atoms with Crippen molar-refractivity contribution >= 4 is 11.8 Å². The van der Waals surface area contributed by atoms with Gasteiger partial charge in [0, 0.05) is 38.3 Å². The first-order chi connectivity index (χ1) is 12.7. The van der Waals surface area contributed by atoms with Gasteiger partial charge in [-0.1, -0.05) is 30.9 Å². The Kier molecular flexibility index (Phi) is 5.66. The van der Waals surface area contributed by atoms with Gasteiger partial charge in [0.05, 0.1) is 6.20 Å². The molecule has 134 valence electrons. The molecule has 1 aromatic heterocycles. The van der Waals surface area contributed by atoms with Gasteiger partial charge >= 0.3 is 0 Å². The zero-order valence-corrected chi connectivity index (χ0v) is 14.6. The van der Waals surface area contributed by atoms with E-state index in [0.717, 1.165) is 38.5 Å². The van der Waals surface area contributed by atoms with Gasteiger partial charge in [0.1, 0.15) is 29.8 Å². The van der Waals surface area contributed by atoms with Crippen LogP contribution in [0.15, 0.2) is 43.1 Å². The average Bonchev–Trinajstić information content (AvgIpc) is 2.68. The minimum atomic E-state index is 0.230. The molecule has 0 saturated carbocycles. The van der Waals surface area contributed by atoms with Crippen molar-refractivity contribution in [3.05, 3.63) is 54.2 Å². The Morgan fingerprint density at radius 1 is 1.27 bits per heavy atom. The van der Waals surface area contributed by atoms with E-state index in [0.29, 0.717) is 18.1 Å². The molecule has 0 bridgehead atoms. The van der Waals surface area contributed by atoms with E-state index in [2.05, 4.69) is 32.4 Å². The van der Waals surface area contributed by atoms with Crippen molar-refractivity contribution in [3.8, 4) is 11.8 Å². The number of nitriles is 1. The zero-order valence-electron chi connectivity index (χ0n) is 14.6. The number of hydrogen-bond donors (Lipinski definition) is 1. The predicted molar refractivity (Wildman–Crippen MR) is 101 cm³/mol. The second kappa shape index (κ2) is 8.32. The second-order valence-electron chi connectivity index (χ2n) is 6.05. The second-order valence-corrected chi connectivity index (χ2v) is 6.05. The van der Waals surface area contributed by atoms with Crippen LogP contribution in [0, 0.1) is 11.3 Å². The standard InChI is InChI=1S/C19H22N6O/c1-2-11-26-17-6-4-3-5-15(17)14-24-7-9-25(10-8-24)19-22-13-16(12-20)18(21)23-19/h2-6,13H,1,7-11,14H2,(H2,21,22,23). The lowest BCUT2D eigenvalue weighted by molar-refractivity contribution is 0.243. The quantitative estimate of drug-likeness (QED) is 0.795. The number of rotatable bonds is 6. The Hall–Kier alpha value is -3.11. The monoisotopic (exact) mass is 350 g/mol. The fourth-order valence-corrected chi connectivity index (χ4v) is 2.89. The fourth-order valence-electron chi connectivity index (χ4n) is 2.89. The van der Waals surface area contributed by atoms with Crippen LogP contribution in [0.4, 0.5) is 11.8 Å². The smallest absolute Gasteiger partial charge is 0.227 e. The third kappa shape index (κ3) is 4.10. The van der Waals surface area contributed by atoms with Gasteiger partial charge in [-0.05, 0) is 6.07 Å². The molecule has 0 unspecified atom stereocenters. The molecule has 1 saturated heterocycles. The van der Waals surface area contributed by atoms with E-state index in [1.54, 1.807) is 6.08 Å². The molecule has 0 amide bonds. The molecule has 0 atom stereocenters. The number of piperazine rings is 1. The Morgan fingerprint density at radius 2 is 2.04 bits per heavy atom. The van der Waals surface area contributed by atoms with Crippen LogP contribution in [-0.2, 0) is 6.54 Å². The van der Waals surface area contributed by atoms with Crippen molar-refractivity contribution in [1.29, 1.82) is 5.26 Å². The fraction of sp³-hybridized carbons (Fsp3) is 0.316. The lowest BCUT2D eigenvalue weighted by atomic mass is 10.1. The summed E-state index contributed by atoms with van der Waals surface area (Å²) in [6.45, 7) is 8.42. The molecule has 0 radical (unpaired) electrons. The summed E-state index contributed by atoms with van der Waals surface area (Å²) < 4.78 is 5.74. The third-order valence-corrected chi connectivity index (χ3v) is 4.30. The van der Waals surface area contributed by atoms with Crippen molar-refractivity contribution in [3.63, 3.8) is 0 Å². The number of aromatic nitrogens is 2. The van der Waals surface area contributed by atoms with E-state index >= 15 is 0 Å². The highest BCUT2D eigenvalue weighted by atomic mass is 16.5. The van der Waals surface area contributed by atoms with E-state index in [1.807, 2.05) is 24.3 Å². The van der Waals surface area contributed by atoms with Gasteiger partial charge < -0.3 is 15.4 Å². The number of nitrogens with zero attached hydrogens (tertiary/aromatic N) is 5. The van der Waals surface area contributed by atoms with Crippen LogP contribution in [0.25, 0.3) is 0 Å². The average molecular weight is 350 g/mol. The van der Waals surface area contributed by atoms with Crippen LogP contribution in [0.1, 0.15) is 11.1 Å². The van der Waals surface area contributed by atoms with Gasteiger partial charge in [-0.3, -0.25) is 4.90 Å². The minimum absolute atomic E-state index is 0.230. The highest BCUT2D eigenvalue weighted by Crippen LogP contribution is 2.21. The molecular weight excluding hydrogens is 328 g/mol. The first-order valence-electron chi connectivity index (χ1n) is 8.52. The maximum absolute atomic E-state index is 8.93. The van der Waals surface area contributed by atoms with Gasteiger partial charge in [0.15, 0.2) is 0 Å². The molecule has 1 aliphatic rings. The molecule has 7 heteroatoms. The molecule has 2 aromatic rings. The minimum Gasteiger partial charge on any atom is -0.489 e. The molecule has 0 aliphatic carbocycles. The lowest BCUT2D eigenvalue weighted by Crippen LogP contribution is -2.46. The summed E-state index contributed by atoms with van der Waals surface area (Å²) in [4.78, 5) is 13.0. The van der Waals surface area contributed by atoms with Crippen molar-refractivity contribution < 1.29 is 4.74 Å². The Bertz CT molecular complexity index is 808. The molecule has 26 heavy (non-hydrogen) atoms. The molecule has 1 aromatic carbocycles. The number of ether oxygens (including phenoxy) is 1. The maximum Gasteiger partial charge on any atom is 0.227 e. The van der Waals surface area contributed by atoms with E-state index in [9.17, 15) is 0 Å². The molecule has 2 N–H and O–H groups in total. The van der Waals surface area contributed by atoms with E-state index in [1.165, 1.54) is 11.8 Å². The summed E-state index contributed by atoms with van der Waals surface area (Å²) in [6.07, 6.45) is 3.23. The maximum atomic E-state index is 8.93. The predicted octanol–water partition coefficient (Wildman–Crippen LogP) is 1.82. The van der Waals surface area contributed by atoms with E-state index < -0.39 is 0 Å². The summed E-state index contributed by atoms with van der Waals surface area (Å²) in [5.41, 5.74) is 7.27. The topological polar surface area (TPSA) is 91.3 Å². The van der Waals surface area contributed by atoms with E-state index in [-0.39, 0.29) is 5.82 Å². The van der Waals surface area contributed by atoms with Crippen LogP contribution in [0.3, 0.4) is 0 Å². The number of hydrogen-bond acceptors (Lipinski definition) is 7. The molecule has 2 heterocycles. The lowest BCUT2D eigenvalue weighted by Gasteiger charge is -2.35. The third-order valence-electron chi connectivity index (χ3n) is 4.30. The van der Waals surface area contributed by atoms with Gasteiger partial charge in [-0.2, -0.15) is 10.2 Å². The van der Waals surface area contributed by atoms with Gasteiger partial charge in [-0.25, -0.2) is 4.98 Å². The molecule has 0 spiro atoms. The highest BCUT2D eigenvalue weighted by Gasteiger charge is 2.20. The van der Waals surface area contributed by atoms with Crippen LogP contribution < -0.4 is 15.4 Å². The molecule has 7 nitrogen and oxygen atoms in total. The molecule has 1 aliphatic heterocycles. The Balaban J connectivity index is 1.60. The summed E-state index contributed by atoms with van der Waals surface area (Å²) in [5, 5.41) is 8.93. The molecule has 1 fully saturated rings. The summed E-state index contributed by atoms with van der Waals surface area (Å²) in [7, 11) is 0. The van der Waals surface area contributed by atoms with Crippen LogP contribution in [0.5, 0.6) is 5.75 Å². The van der Waals surface area contributed by atoms with Gasteiger partial charge in [0.2, 0.25) is 5.95 Å².